The van der Waals surface area contributed by atoms with E-state index in [9.17, 15) is 0 Å². The third kappa shape index (κ3) is 6.26. The van der Waals surface area contributed by atoms with E-state index in [2.05, 4.69) is 27.4 Å². The molecule has 0 radical (unpaired) electrons. The fourth-order valence-electron chi connectivity index (χ4n) is 3.56. The summed E-state index contributed by atoms with van der Waals surface area (Å²) in [6.45, 7) is 9.30. The first-order valence-electron chi connectivity index (χ1n) is 9.94. The van der Waals surface area contributed by atoms with Gasteiger partial charge in [0.05, 0.1) is 19.3 Å². The summed E-state index contributed by atoms with van der Waals surface area (Å²) in [6.07, 6.45) is 2.75. The molecule has 0 saturated carbocycles. The summed E-state index contributed by atoms with van der Waals surface area (Å²) >= 11 is 5.91. The van der Waals surface area contributed by atoms with Crippen LogP contribution in [0.1, 0.15) is 26.7 Å². The fraction of sp³-hybridized carbons (Fsp3) is 0.650. The van der Waals surface area contributed by atoms with Crippen LogP contribution in [0.3, 0.4) is 0 Å². The Labute approximate surface area is 167 Å². The molecule has 7 heteroatoms. The normalized spacial score (nSPS) is 24.3. The van der Waals surface area contributed by atoms with Gasteiger partial charge in [-0.2, -0.15) is 0 Å². The lowest BCUT2D eigenvalue weighted by molar-refractivity contribution is -0.0453. The van der Waals surface area contributed by atoms with Gasteiger partial charge in [0.2, 0.25) is 0 Å². The summed E-state index contributed by atoms with van der Waals surface area (Å²) in [5.41, 5.74) is 0. The Morgan fingerprint density at radius 3 is 2.96 bits per heavy atom. The summed E-state index contributed by atoms with van der Waals surface area (Å²) in [5.74, 6) is 1.60. The number of nitrogens with one attached hydrogen (secondary N) is 2. The molecule has 2 aliphatic heterocycles. The number of rotatable bonds is 7. The smallest absolute Gasteiger partial charge is 0.191 e. The molecule has 2 N–H and O–H groups in total. The number of hydrogen-bond donors (Lipinski definition) is 2. The van der Waals surface area contributed by atoms with Gasteiger partial charge in [0.25, 0.3) is 0 Å². The van der Waals surface area contributed by atoms with Crippen LogP contribution in [0, 0.1) is 0 Å². The van der Waals surface area contributed by atoms with Crippen molar-refractivity contribution in [1.29, 1.82) is 0 Å². The van der Waals surface area contributed by atoms with Gasteiger partial charge < -0.3 is 20.1 Å². The SMILES string of the molecule is CCNC(=NCC(C)Oc1ccc(Cl)cc1)NCC1CN2CCCC2CO1. The number of halogens is 1. The van der Waals surface area contributed by atoms with Crippen molar-refractivity contribution >= 4 is 17.6 Å². The van der Waals surface area contributed by atoms with Crippen LogP contribution in [0.15, 0.2) is 29.3 Å². The van der Waals surface area contributed by atoms with E-state index in [-0.39, 0.29) is 12.2 Å². The zero-order chi connectivity index (χ0) is 19.1. The molecule has 3 rings (SSSR count). The Morgan fingerprint density at radius 2 is 2.19 bits per heavy atom. The molecule has 0 amide bonds. The number of benzene rings is 1. The molecule has 2 heterocycles. The quantitative estimate of drug-likeness (QED) is 0.549. The van der Waals surface area contributed by atoms with Crippen LogP contribution in [-0.4, -0.2) is 68.4 Å². The monoisotopic (exact) mass is 394 g/mol. The van der Waals surface area contributed by atoms with E-state index in [1.54, 1.807) is 0 Å². The van der Waals surface area contributed by atoms with Crippen LogP contribution in [0.25, 0.3) is 0 Å². The van der Waals surface area contributed by atoms with E-state index in [1.165, 1.54) is 19.4 Å². The number of fused-ring (bicyclic) bond motifs is 1. The molecule has 3 atom stereocenters. The van der Waals surface area contributed by atoms with Crippen molar-refractivity contribution in [2.24, 2.45) is 4.99 Å². The van der Waals surface area contributed by atoms with Gasteiger partial charge >= 0.3 is 0 Å². The first kappa shape index (κ1) is 20.2. The minimum atomic E-state index is -0.0297. The molecule has 2 saturated heterocycles. The Balaban J connectivity index is 1.45. The van der Waals surface area contributed by atoms with Crippen molar-refractivity contribution in [2.45, 2.75) is 44.9 Å². The van der Waals surface area contributed by atoms with E-state index >= 15 is 0 Å². The molecule has 0 spiro atoms. The minimum absolute atomic E-state index is 0.0297. The largest absolute Gasteiger partial charge is 0.489 e. The number of nitrogens with zero attached hydrogens (tertiary/aromatic N) is 2. The predicted octanol–water partition coefficient (Wildman–Crippen LogP) is 2.53. The number of aliphatic imine (C=N–C) groups is 1. The summed E-state index contributed by atoms with van der Waals surface area (Å²) in [6, 6.07) is 8.03. The Hall–Kier alpha value is -1.50. The minimum Gasteiger partial charge on any atom is -0.489 e. The van der Waals surface area contributed by atoms with Crippen LogP contribution in [0.4, 0.5) is 0 Å². The van der Waals surface area contributed by atoms with Gasteiger partial charge in [-0.15, -0.1) is 0 Å². The average molecular weight is 395 g/mol. The van der Waals surface area contributed by atoms with Crippen molar-refractivity contribution < 1.29 is 9.47 Å². The highest BCUT2D eigenvalue weighted by Gasteiger charge is 2.32. The lowest BCUT2D eigenvalue weighted by Crippen LogP contribution is -2.51. The van der Waals surface area contributed by atoms with Crippen molar-refractivity contribution in [1.82, 2.24) is 15.5 Å². The molecule has 0 bridgehead atoms. The molecule has 2 aliphatic rings. The zero-order valence-corrected chi connectivity index (χ0v) is 17.0. The standard InChI is InChI=1S/C20H31ClN4O2/c1-3-22-20(23-11-15(2)27-18-8-6-16(21)7-9-18)24-12-19-13-25-10-4-5-17(25)14-26-19/h6-9,15,17,19H,3-5,10-14H2,1-2H3,(H2,22,23,24). The van der Waals surface area contributed by atoms with Crippen molar-refractivity contribution in [2.75, 3.05) is 39.3 Å². The highest BCUT2D eigenvalue weighted by Crippen LogP contribution is 2.22. The third-order valence-electron chi connectivity index (χ3n) is 4.96. The van der Waals surface area contributed by atoms with Crippen molar-refractivity contribution in [3.05, 3.63) is 29.3 Å². The van der Waals surface area contributed by atoms with E-state index < -0.39 is 0 Å². The second-order valence-electron chi connectivity index (χ2n) is 7.23. The van der Waals surface area contributed by atoms with E-state index in [0.717, 1.165) is 38.0 Å². The molecule has 2 fully saturated rings. The summed E-state index contributed by atoms with van der Waals surface area (Å²) in [7, 11) is 0. The van der Waals surface area contributed by atoms with Crippen LogP contribution >= 0.6 is 11.6 Å². The molecule has 6 nitrogen and oxygen atoms in total. The number of hydrogen-bond acceptors (Lipinski definition) is 4. The molecule has 27 heavy (non-hydrogen) atoms. The number of ether oxygens (including phenoxy) is 2. The van der Waals surface area contributed by atoms with Gasteiger partial charge in [0.15, 0.2) is 5.96 Å². The van der Waals surface area contributed by atoms with Gasteiger partial charge in [-0.3, -0.25) is 4.90 Å². The molecule has 0 aromatic heterocycles. The van der Waals surface area contributed by atoms with Crippen LogP contribution < -0.4 is 15.4 Å². The van der Waals surface area contributed by atoms with Crippen LogP contribution in [-0.2, 0) is 4.74 Å². The topological polar surface area (TPSA) is 58.1 Å². The maximum atomic E-state index is 6.01. The summed E-state index contributed by atoms with van der Waals surface area (Å²) in [5, 5.41) is 7.41. The maximum Gasteiger partial charge on any atom is 0.191 e. The molecular formula is C20H31ClN4O2. The highest BCUT2D eigenvalue weighted by molar-refractivity contribution is 6.30. The lowest BCUT2D eigenvalue weighted by Gasteiger charge is -2.35. The summed E-state index contributed by atoms with van der Waals surface area (Å²) in [4.78, 5) is 7.21. The second-order valence-corrected chi connectivity index (χ2v) is 7.67. The van der Waals surface area contributed by atoms with Gasteiger partial charge in [0, 0.05) is 30.7 Å². The Bertz CT molecular complexity index is 611. The highest BCUT2D eigenvalue weighted by atomic mass is 35.5. The van der Waals surface area contributed by atoms with Crippen molar-refractivity contribution in [3.8, 4) is 5.75 Å². The number of morpholine rings is 1. The van der Waals surface area contributed by atoms with Crippen LogP contribution in [0.5, 0.6) is 5.75 Å². The fourth-order valence-corrected chi connectivity index (χ4v) is 3.69. The predicted molar refractivity (Wildman–Crippen MR) is 110 cm³/mol. The van der Waals surface area contributed by atoms with Gasteiger partial charge in [-0.1, -0.05) is 11.6 Å². The van der Waals surface area contributed by atoms with E-state index in [0.29, 0.717) is 17.6 Å². The third-order valence-corrected chi connectivity index (χ3v) is 5.21. The lowest BCUT2D eigenvalue weighted by atomic mass is 10.2. The molecular weight excluding hydrogens is 364 g/mol. The number of guanidine groups is 1. The summed E-state index contributed by atoms with van der Waals surface area (Å²) < 4.78 is 11.9. The Morgan fingerprint density at radius 1 is 1.37 bits per heavy atom. The second kappa shape index (κ2) is 10.2. The van der Waals surface area contributed by atoms with Gasteiger partial charge in [0.1, 0.15) is 11.9 Å². The zero-order valence-electron chi connectivity index (χ0n) is 16.3. The van der Waals surface area contributed by atoms with Gasteiger partial charge in [-0.25, -0.2) is 4.99 Å². The molecule has 3 unspecified atom stereocenters. The molecule has 150 valence electrons. The average Bonchev–Trinajstić information content (AvgIpc) is 3.13. The van der Waals surface area contributed by atoms with Gasteiger partial charge in [-0.05, 0) is 57.5 Å². The van der Waals surface area contributed by atoms with E-state index in [4.69, 9.17) is 21.1 Å². The first-order chi connectivity index (χ1) is 13.1. The first-order valence-corrected chi connectivity index (χ1v) is 10.3. The van der Waals surface area contributed by atoms with Crippen molar-refractivity contribution in [3.63, 3.8) is 0 Å². The Kier molecular flexibility index (Phi) is 7.61. The van der Waals surface area contributed by atoms with Crippen LogP contribution in [0.2, 0.25) is 5.02 Å². The van der Waals surface area contributed by atoms with E-state index in [1.807, 2.05) is 31.2 Å². The molecule has 1 aromatic carbocycles. The molecule has 0 aliphatic carbocycles. The maximum absolute atomic E-state index is 6.01. The molecule has 1 aromatic rings.